The summed E-state index contributed by atoms with van der Waals surface area (Å²) in [6.45, 7) is 9.54. The Morgan fingerprint density at radius 3 is 2.17 bits per heavy atom. The Kier molecular flexibility index (Phi) is 3.34. The fourth-order valence-corrected chi connectivity index (χ4v) is 2.80. The van der Waals surface area contributed by atoms with Gasteiger partial charge in [-0.25, -0.2) is 4.79 Å². The molecule has 0 spiro atoms. The monoisotopic (exact) mass is 255 g/mol. The topological polar surface area (TPSA) is 47.6 Å². The number of carbonyl (C=O) groups is 1. The number of hydrogen-bond acceptors (Lipinski definition) is 3. The Morgan fingerprint density at radius 2 is 1.72 bits per heavy atom. The third-order valence-corrected chi connectivity index (χ3v) is 4.24. The zero-order chi connectivity index (χ0) is 13.4. The Labute approximate surface area is 109 Å². The Balaban J connectivity index is 1.97. The Bertz CT molecular complexity index is 322. The van der Waals surface area contributed by atoms with Crippen molar-refractivity contribution in [2.75, 3.05) is 13.2 Å². The van der Waals surface area contributed by atoms with Crippen LogP contribution in [0.25, 0.3) is 0 Å². The van der Waals surface area contributed by atoms with E-state index >= 15 is 0 Å². The summed E-state index contributed by atoms with van der Waals surface area (Å²) in [5, 5.41) is 3.12. The number of hydrogen-bond donors (Lipinski definition) is 1. The lowest BCUT2D eigenvalue weighted by Gasteiger charge is -2.41. The van der Waals surface area contributed by atoms with Crippen LogP contribution in [0.3, 0.4) is 0 Å². The molecule has 2 aliphatic rings. The molecule has 1 saturated carbocycles. The molecule has 0 unspecified atom stereocenters. The second-order valence-corrected chi connectivity index (χ2v) is 6.88. The molecular weight excluding hydrogens is 230 g/mol. The highest BCUT2D eigenvalue weighted by Gasteiger charge is 2.58. The molecule has 0 aromatic carbocycles. The maximum atomic E-state index is 11.9. The van der Waals surface area contributed by atoms with E-state index in [0.717, 1.165) is 38.9 Å². The van der Waals surface area contributed by atoms with Crippen LogP contribution in [0.15, 0.2) is 0 Å². The van der Waals surface area contributed by atoms with Gasteiger partial charge in [-0.05, 0) is 51.9 Å². The molecule has 1 aliphatic heterocycles. The average molecular weight is 255 g/mol. The third-order valence-electron chi connectivity index (χ3n) is 4.24. The van der Waals surface area contributed by atoms with E-state index in [-0.39, 0.29) is 17.0 Å². The van der Waals surface area contributed by atoms with Crippen molar-refractivity contribution in [1.29, 1.82) is 0 Å². The molecule has 4 nitrogen and oxygen atoms in total. The van der Waals surface area contributed by atoms with Crippen molar-refractivity contribution >= 4 is 6.09 Å². The lowest BCUT2D eigenvalue weighted by atomic mass is 9.73. The summed E-state index contributed by atoms with van der Waals surface area (Å²) in [4.78, 5) is 11.9. The van der Waals surface area contributed by atoms with E-state index < -0.39 is 5.60 Å². The molecule has 1 heterocycles. The van der Waals surface area contributed by atoms with E-state index in [0.29, 0.717) is 0 Å². The molecule has 1 aliphatic carbocycles. The van der Waals surface area contributed by atoms with Gasteiger partial charge in [0.05, 0.1) is 0 Å². The minimum absolute atomic E-state index is 0.0564. The molecule has 18 heavy (non-hydrogen) atoms. The highest BCUT2D eigenvalue weighted by atomic mass is 16.6. The highest BCUT2D eigenvalue weighted by molar-refractivity contribution is 5.69. The van der Waals surface area contributed by atoms with Gasteiger partial charge < -0.3 is 14.8 Å². The fraction of sp³-hybridized carbons (Fsp3) is 0.929. The van der Waals surface area contributed by atoms with Crippen molar-refractivity contribution in [1.82, 2.24) is 5.32 Å². The van der Waals surface area contributed by atoms with Gasteiger partial charge in [-0.1, -0.05) is 6.92 Å². The lowest BCUT2D eigenvalue weighted by molar-refractivity contribution is -0.00852. The molecule has 1 N–H and O–H groups in total. The number of nitrogens with one attached hydrogen (secondary N) is 1. The molecular formula is C14H25NO3. The summed E-state index contributed by atoms with van der Waals surface area (Å²) in [6.07, 6.45) is 3.87. The standard InChI is InChI=1S/C14H25NO3/c1-12(2,3)18-11(16)15-14(5-6-14)13(4)7-9-17-10-8-13/h5-10H2,1-4H3,(H,15,16). The molecule has 2 fully saturated rings. The van der Waals surface area contributed by atoms with Crippen LogP contribution in [-0.4, -0.2) is 30.4 Å². The van der Waals surface area contributed by atoms with Crippen molar-refractivity contribution in [3.8, 4) is 0 Å². The fourth-order valence-electron chi connectivity index (χ4n) is 2.80. The predicted octanol–water partition coefficient (Wildman–Crippen LogP) is 2.86. The van der Waals surface area contributed by atoms with Crippen LogP contribution in [0.5, 0.6) is 0 Å². The lowest BCUT2D eigenvalue weighted by Crippen LogP contribution is -2.52. The average Bonchev–Trinajstić information content (AvgIpc) is 2.97. The van der Waals surface area contributed by atoms with Crippen molar-refractivity contribution in [3.63, 3.8) is 0 Å². The van der Waals surface area contributed by atoms with Crippen molar-refractivity contribution < 1.29 is 14.3 Å². The zero-order valence-electron chi connectivity index (χ0n) is 12.0. The van der Waals surface area contributed by atoms with E-state index in [1.54, 1.807) is 0 Å². The maximum Gasteiger partial charge on any atom is 0.408 e. The quantitative estimate of drug-likeness (QED) is 0.825. The number of amides is 1. The molecule has 1 amide bonds. The van der Waals surface area contributed by atoms with Crippen molar-refractivity contribution in [2.45, 2.75) is 64.5 Å². The zero-order valence-corrected chi connectivity index (χ0v) is 12.0. The van der Waals surface area contributed by atoms with Gasteiger partial charge in [0.15, 0.2) is 0 Å². The summed E-state index contributed by atoms with van der Waals surface area (Å²) >= 11 is 0. The largest absolute Gasteiger partial charge is 0.444 e. The molecule has 1 saturated heterocycles. The van der Waals surface area contributed by atoms with E-state index in [9.17, 15) is 4.79 Å². The summed E-state index contributed by atoms with van der Waals surface area (Å²) in [7, 11) is 0. The molecule has 104 valence electrons. The van der Waals surface area contributed by atoms with Crippen LogP contribution in [0.4, 0.5) is 4.79 Å². The molecule has 0 atom stereocenters. The van der Waals surface area contributed by atoms with E-state index in [4.69, 9.17) is 9.47 Å². The van der Waals surface area contributed by atoms with Crippen LogP contribution < -0.4 is 5.32 Å². The summed E-state index contributed by atoms with van der Waals surface area (Å²) in [6, 6.07) is 0. The number of rotatable bonds is 2. The van der Waals surface area contributed by atoms with Crippen LogP contribution in [-0.2, 0) is 9.47 Å². The Hall–Kier alpha value is -0.770. The summed E-state index contributed by atoms with van der Waals surface area (Å²) in [5.41, 5.74) is -0.335. The first kappa shape index (κ1) is 13.7. The van der Waals surface area contributed by atoms with Gasteiger partial charge in [0.1, 0.15) is 5.60 Å². The van der Waals surface area contributed by atoms with Gasteiger partial charge in [-0.15, -0.1) is 0 Å². The highest BCUT2D eigenvalue weighted by Crippen LogP contribution is 2.54. The number of ether oxygens (including phenoxy) is 2. The van der Waals surface area contributed by atoms with Gasteiger partial charge in [0, 0.05) is 18.8 Å². The minimum Gasteiger partial charge on any atom is -0.444 e. The summed E-state index contributed by atoms with van der Waals surface area (Å²) in [5.74, 6) is 0. The van der Waals surface area contributed by atoms with Gasteiger partial charge in [0.2, 0.25) is 0 Å². The van der Waals surface area contributed by atoms with Crippen LogP contribution in [0.1, 0.15) is 53.4 Å². The van der Waals surface area contributed by atoms with Gasteiger partial charge >= 0.3 is 6.09 Å². The smallest absolute Gasteiger partial charge is 0.408 e. The predicted molar refractivity (Wildman–Crippen MR) is 69.5 cm³/mol. The van der Waals surface area contributed by atoms with E-state index in [2.05, 4.69) is 12.2 Å². The van der Waals surface area contributed by atoms with Crippen molar-refractivity contribution in [3.05, 3.63) is 0 Å². The first-order chi connectivity index (χ1) is 8.27. The first-order valence-corrected chi connectivity index (χ1v) is 6.85. The number of alkyl carbamates (subject to hydrolysis) is 1. The van der Waals surface area contributed by atoms with Gasteiger partial charge in [-0.2, -0.15) is 0 Å². The van der Waals surface area contributed by atoms with Crippen LogP contribution in [0.2, 0.25) is 0 Å². The van der Waals surface area contributed by atoms with Crippen LogP contribution >= 0.6 is 0 Å². The molecule has 4 heteroatoms. The molecule has 0 radical (unpaired) electrons. The molecule has 0 aromatic heterocycles. The first-order valence-electron chi connectivity index (χ1n) is 6.85. The summed E-state index contributed by atoms with van der Waals surface area (Å²) < 4.78 is 10.8. The van der Waals surface area contributed by atoms with Gasteiger partial charge in [0.25, 0.3) is 0 Å². The second-order valence-electron chi connectivity index (χ2n) is 6.88. The van der Waals surface area contributed by atoms with E-state index in [1.165, 1.54) is 0 Å². The van der Waals surface area contributed by atoms with E-state index in [1.807, 2.05) is 20.8 Å². The molecule has 0 aromatic rings. The normalized spacial score (nSPS) is 25.3. The van der Waals surface area contributed by atoms with Crippen LogP contribution in [0, 0.1) is 5.41 Å². The second kappa shape index (κ2) is 4.41. The maximum absolute atomic E-state index is 11.9. The molecule has 0 bridgehead atoms. The van der Waals surface area contributed by atoms with Crippen molar-refractivity contribution in [2.24, 2.45) is 5.41 Å². The number of carbonyl (C=O) groups excluding carboxylic acids is 1. The Morgan fingerprint density at radius 1 is 1.17 bits per heavy atom. The molecule has 2 rings (SSSR count). The SMILES string of the molecule is CC(C)(C)OC(=O)NC1(C2(C)CCOCC2)CC1. The van der Waals surface area contributed by atoms with Gasteiger partial charge in [-0.3, -0.25) is 0 Å². The minimum atomic E-state index is -0.434. The third kappa shape index (κ3) is 2.79.